The minimum atomic E-state index is -0.320. The van der Waals surface area contributed by atoms with Crippen LogP contribution >= 0.6 is 0 Å². The standard InChI is InChI=1S/C17H22N6O2/c1-11(2)8-14(16-20-12-6-4-5-7-13(12)21-16)19-15(24)9-23-17(25)22(3)10-18-23/h4-7,10-11,14H,8-9H2,1-3H3,(H,19,24)(H,20,21)/t14-/m0/s1. The Balaban J connectivity index is 1.79. The molecular weight excluding hydrogens is 320 g/mol. The van der Waals surface area contributed by atoms with Gasteiger partial charge in [-0.25, -0.2) is 14.5 Å². The molecule has 8 nitrogen and oxygen atoms in total. The van der Waals surface area contributed by atoms with Crippen molar-refractivity contribution in [1.29, 1.82) is 0 Å². The lowest BCUT2D eigenvalue weighted by atomic mass is 10.0. The maximum Gasteiger partial charge on any atom is 0.345 e. The van der Waals surface area contributed by atoms with Gasteiger partial charge in [-0.1, -0.05) is 26.0 Å². The van der Waals surface area contributed by atoms with E-state index in [1.807, 2.05) is 24.3 Å². The number of carbonyl (C=O) groups is 1. The van der Waals surface area contributed by atoms with Gasteiger partial charge in [0.05, 0.1) is 17.1 Å². The van der Waals surface area contributed by atoms with Crippen LogP contribution in [0.5, 0.6) is 0 Å². The first-order valence-corrected chi connectivity index (χ1v) is 8.26. The summed E-state index contributed by atoms with van der Waals surface area (Å²) in [5.74, 6) is 0.819. The Hall–Kier alpha value is -2.90. The van der Waals surface area contributed by atoms with E-state index in [-0.39, 0.29) is 24.2 Å². The first kappa shape index (κ1) is 16.9. The van der Waals surface area contributed by atoms with E-state index in [1.165, 1.54) is 10.9 Å². The number of nitrogens with one attached hydrogen (secondary N) is 2. The molecular formula is C17H22N6O2. The number of imidazole rings is 1. The van der Waals surface area contributed by atoms with E-state index >= 15 is 0 Å². The Morgan fingerprint density at radius 3 is 2.72 bits per heavy atom. The van der Waals surface area contributed by atoms with Crippen molar-refractivity contribution in [2.75, 3.05) is 0 Å². The first-order valence-electron chi connectivity index (χ1n) is 8.26. The van der Waals surface area contributed by atoms with Gasteiger partial charge >= 0.3 is 5.69 Å². The number of para-hydroxylation sites is 2. The molecule has 0 aliphatic carbocycles. The summed E-state index contributed by atoms with van der Waals surface area (Å²) in [5.41, 5.74) is 1.47. The fraction of sp³-hybridized carbons (Fsp3) is 0.412. The highest BCUT2D eigenvalue weighted by atomic mass is 16.2. The zero-order valence-electron chi connectivity index (χ0n) is 14.6. The maximum atomic E-state index is 12.4. The summed E-state index contributed by atoms with van der Waals surface area (Å²) >= 11 is 0. The number of aromatic nitrogens is 5. The van der Waals surface area contributed by atoms with Crippen LogP contribution in [0, 0.1) is 5.92 Å². The molecule has 1 amide bonds. The predicted octanol–water partition coefficient (Wildman–Crippen LogP) is 1.36. The van der Waals surface area contributed by atoms with Crippen LogP contribution in [0.25, 0.3) is 11.0 Å². The van der Waals surface area contributed by atoms with Gasteiger partial charge in [0.1, 0.15) is 18.7 Å². The summed E-state index contributed by atoms with van der Waals surface area (Å²) in [6.07, 6.45) is 2.13. The third-order valence-corrected chi connectivity index (χ3v) is 3.96. The lowest BCUT2D eigenvalue weighted by molar-refractivity contribution is -0.122. The number of nitrogens with zero attached hydrogens (tertiary/aromatic N) is 4. The minimum absolute atomic E-state index is 0.117. The van der Waals surface area contributed by atoms with Gasteiger partial charge in [0.25, 0.3) is 0 Å². The van der Waals surface area contributed by atoms with Gasteiger partial charge in [0.15, 0.2) is 0 Å². The Kier molecular flexibility index (Phi) is 4.69. The topological polar surface area (TPSA) is 97.6 Å². The van der Waals surface area contributed by atoms with Crippen LogP contribution in [-0.2, 0) is 18.4 Å². The summed E-state index contributed by atoms with van der Waals surface area (Å²) in [4.78, 5) is 32.1. The Bertz CT molecular complexity index is 903. The molecule has 2 heterocycles. The van der Waals surface area contributed by atoms with Crippen molar-refractivity contribution in [3.63, 3.8) is 0 Å². The summed E-state index contributed by atoms with van der Waals surface area (Å²) in [6, 6.07) is 7.49. The van der Waals surface area contributed by atoms with E-state index in [4.69, 9.17) is 0 Å². The molecule has 25 heavy (non-hydrogen) atoms. The summed E-state index contributed by atoms with van der Waals surface area (Å²) in [6.45, 7) is 4.06. The number of aromatic amines is 1. The number of hydrogen-bond donors (Lipinski definition) is 2. The van der Waals surface area contributed by atoms with Crippen molar-refractivity contribution in [2.24, 2.45) is 13.0 Å². The molecule has 3 aromatic rings. The second-order valence-corrected chi connectivity index (χ2v) is 6.57. The smallest absolute Gasteiger partial charge is 0.345 e. The van der Waals surface area contributed by atoms with Crippen LogP contribution in [0.15, 0.2) is 35.4 Å². The molecule has 2 N–H and O–H groups in total. The van der Waals surface area contributed by atoms with Crippen LogP contribution in [0.3, 0.4) is 0 Å². The fourth-order valence-corrected chi connectivity index (χ4v) is 2.75. The van der Waals surface area contributed by atoms with E-state index in [2.05, 4.69) is 34.2 Å². The van der Waals surface area contributed by atoms with Gasteiger partial charge in [-0.15, -0.1) is 0 Å². The molecule has 1 atom stereocenters. The maximum absolute atomic E-state index is 12.4. The van der Waals surface area contributed by atoms with Crippen molar-refractivity contribution in [2.45, 2.75) is 32.9 Å². The third-order valence-electron chi connectivity index (χ3n) is 3.96. The number of amides is 1. The van der Waals surface area contributed by atoms with Gasteiger partial charge < -0.3 is 10.3 Å². The molecule has 132 valence electrons. The fourth-order valence-electron chi connectivity index (χ4n) is 2.75. The molecule has 0 bridgehead atoms. The number of fused-ring (bicyclic) bond motifs is 1. The van der Waals surface area contributed by atoms with E-state index in [0.29, 0.717) is 5.92 Å². The van der Waals surface area contributed by atoms with Crippen LogP contribution < -0.4 is 11.0 Å². The number of H-pyrrole nitrogens is 1. The largest absolute Gasteiger partial charge is 0.345 e. The van der Waals surface area contributed by atoms with E-state index in [0.717, 1.165) is 28.0 Å². The first-order chi connectivity index (χ1) is 11.9. The lowest BCUT2D eigenvalue weighted by Gasteiger charge is -2.18. The zero-order chi connectivity index (χ0) is 18.0. The highest BCUT2D eigenvalue weighted by Crippen LogP contribution is 2.21. The molecule has 0 saturated heterocycles. The predicted molar refractivity (Wildman–Crippen MR) is 93.9 cm³/mol. The molecule has 0 saturated carbocycles. The molecule has 3 rings (SSSR count). The van der Waals surface area contributed by atoms with E-state index < -0.39 is 0 Å². The van der Waals surface area contributed by atoms with Gasteiger partial charge in [-0.2, -0.15) is 5.10 Å². The molecule has 0 unspecified atom stereocenters. The highest BCUT2D eigenvalue weighted by molar-refractivity contribution is 5.77. The van der Waals surface area contributed by atoms with Crippen LogP contribution in [0.1, 0.15) is 32.1 Å². The van der Waals surface area contributed by atoms with Crippen molar-refractivity contribution in [3.8, 4) is 0 Å². The second-order valence-electron chi connectivity index (χ2n) is 6.57. The van der Waals surface area contributed by atoms with Gasteiger partial charge in [-0.05, 0) is 24.5 Å². The molecule has 0 fully saturated rings. The van der Waals surface area contributed by atoms with Gasteiger partial charge in [-0.3, -0.25) is 9.36 Å². The zero-order valence-corrected chi connectivity index (χ0v) is 14.6. The monoisotopic (exact) mass is 342 g/mol. The van der Waals surface area contributed by atoms with Crippen molar-refractivity contribution in [3.05, 3.63) is 46.9 Å². The normalized spacial score (nSPS) is 12.6. The van der Waals surface area contributed by atoms with Crippen LogP contribution in [-0.4, -0.2) is 30.2 Å². The van der Waals surface area contributed by atoms with Crippen molar-refractivity contribution >= 4 is 16.9 Å². The van der Waals surface area contributed by atoms with E-state index in [9.17, 15) is 9.59 Å². The van der Waals surface area contributed by atoms with Gasteiger partial charge in [0.2, 0.25) is 5.91 Å². The van der Waals surface area contributed by atoms with Crippen molar-refractivity contribution in [1.82, 2.24) is 29.6 Å². The SMILES string of the molecule is CC(C)C[C@H](NC(=O)Cn1ncn(C)c1=O)c1nc2ccccc2[nH]1. The Morgan fingerprint density at radius 1 is 1.32 bits per heavy atom. The number of benzene rings is 1. The number of carbonyl (C=O) groups excluding carboxylic acids is 1. The highest BCUT2D eigenvalue weighted by Gasteiger charge is 2.20. The van der Waals surface area contributed by atoms with Gasteiger partial charge in [0, 0.05) is 7.05 Å². The molecule has 0 aliphatic rings. The van der Waals surface area contributed by atoms with Crippen LogP contribution in [0.4, 0.5) is 0 Å². The number of rotatable bonds is 6. The Labute approximate surface area is 144 Å². The summed E-state index contributed by atoms with van der Waals surface area (Å²) in [7, 11) is 1.60. The Morgan fingerprint density at radius 2 is 2.08 bits per heavy atom. The van der Waals surface area contributed by atoms with E-state index in [1.54, 1.807) is 7.05 Å². The lowest BCUT2D eigenvalue weighted by Crippen LogP contribution is -2.36. The minimum Gasteiger partial charge on any atom is -0.345 e. The average molecular weight is 342 g/mol. The average Bonchev–Trinajstić information content (AvgIpc) is 3.12. The summed E-state index contributed by atoms with van der Waals surface area (Å²) < 4.78 is 2.47. The molecule has 2 aromatic heterocycles. The molecule has 0 radical (unpaired) electrons. The molecule has 0 spiro atoms. The van der Waals surface area contributed by atoms with Crippen molar-refractivity contribution < 1.29 is 4.79 Å². The summed E-state index contributed by atoms with van der Waals surface area (Å²) in [5, 5.41) is 6.88. The van der Waals surface area contributed by atoms with Crippen LogP contribution in [0.2, 0.25) is 0 Å². The molecule has 8 heteroatoms. The molecule has 0 aliphatic heterocycles. The number of hydrogen-bond acceptors (Lipinski definition) is 4. The second kappa shape index (κ2) is 6.92. The quantitative estimate of drug-likeness (QED) is 0.707. The number of aryl methyl sites for hydroxylation is 1. The molecule has 1 aromatic carbocycles. The third kappa shape index (κ3) is 3.78.